The number of nitrogens with zero attached hydrogens (tertiary/aromatic N) is 2. The fourth-order valence-corrected chi connectivity index (χ4v) is 3.85. The second-order valence-corrected chi connectivity index (χ2v) is 7.52. The van der Waals surface area contributed by atoms with Gasteiger partial charge >= 0.3 is 0 Å². The lowest BCUT2D eigenvalue weighted by molar-refractivity contribution is -0.105. The van der Waals surface area contributed by atoms with Crippen LogP contribution in [0.15, 0.2) is 47.0 Å². The topological polar surface area (TPSA) is 86.5 Å². The quantitative estimate of drug-likeness (QED) is 0.695. The number of fused-ring (bicyclic) bond motifs is 1. The van der Waals surface area contributed by atoms with E-state index in [-0.39, 0.29) is 5.91 Å². The van der Waals surface area contributed by atoms with E-state index in [0.29, 0.717) is 28.7 Å². The molecule has 2 aliphatic rings. The Morgan fingerprint density at radius 1 is 1.00 bits per heavy atom. The van der Waals surface area contributed by atoms with E-state index >= 15 is 0 Å². The minimum absolute atomic E-state index is 0.204. The Balaban J connectivity index is 1.29. The molecule has 1 fully saturated rings. The van der Waals surface area contributed by atoms with Gasteiger partial charge in [-0.2, -0.15) is 4.98 Å². The van der Waals surface area contributed by atoms with E-state index < -0.39 is 5.79 Å². The van der Waals surface area contributed by atoms with Crippen LogP contribution in [0.5, 0.6) is 11.5 Å². The van der Waals surface area contributed by atoms with Crippen LogP contribution in [0, 0.1) is 6.92 Å². The number of amides is 1. The van der Waals surface area contributed by atoms with Gasteiger partial charge in [0.15, 0.2) is 17.3 Å². The summed E-state index contributed by atoms with van der Waals surface area (Å²) in [5.41, 5.74) is 1.97. The summed E-state index contributed by atoms with van der Waals surface area (Å²) in [6, 6.07) is 12.5. The maximum atomic E-state index is 12.6. The molecule has 0 unspecified atom stereocenters. The number of anilines is 1. The number of rotatable bonds is 3. The molecule has 0 atom stereocenters. The summed E-state index contributed by atoms with van der Waals surface area (Å²) in [7, 11) is 0. The molecule has 1 aliphatic carbocycles. The second kappa shape index (κ2) is 6.92. The molecular formula is C22H21N3O4. The van der Waals surface area contributed by atoms with Crippen molar-refractivity contribution in [3.63, 3.8) is 0 Å². The molecule has 5 rings (SSSR count). The molecule has 0 bridgehead atoms. The van der Waals surface area contributed by atoms with Crippen molar-refractivity contribution >= 4 is 11.6 Å². The van der Waals surface area contributed by atoms with E-state index in [4.69, 9.17) is 14.0 Å². The summed E-state index contributed by atoms with van der Waals surface area (Å²) >= 11 is 0. The third-order valence-corrected chi connectivity index (χ3v) is 5.33. The highest BCUT2D eigenvalue weighted by atomic mass is 16.7. The van der Waals surface area contributed by atoms with Crippen LogP contribution in [0.2, 0.25) is 0 Å². The first kappa shape index (κ1) is 17.7. The molecule has 1 aliphatic heterocycles. The zero-order valence-corrected chi connectivity index (χ0v) is 16.1. The molecule has 0 saturated heterocycles. The van der Waals surface area contributed by atoms with Crippen molar-refractivity contribution in [3.8, 4) is 23.0 Å². The van der Waals surface area contributed by atoms with E-state index in [9.17, 15) is 4.79 Å². The second-order valence-electron chi connectivity index (χ2n) is 7.52. The molecule has 1 amide bonds. The smallest absolute Gasteiger partial charge is 0.257 e. The fraction of sp³-hybridized carbons (Fsp3) is 0.318. The Kier molecular flexibility index (Phi) is 4.23. The number of aromatic nitrogens is 2. The highest BCUT2D eigenvalue weighted by Gasteiger charge is 2.42. The first-order valence-corrected chi connectivity index (χ1v) is 9.84. The predicted molar refractivity (Wildman–Crippen MR) is 106 cm³/mol. The molecule has 148 valence electrons. The van der Waals surface area contributed by atoms with Crippen LogP contribution in [0.25, 0.3) is 11.5 Å². The van der Waals surface area contributed by atoms with Gasteiger partial charge < -0.3 is 19.3 Å². The number of benzene rings is 2. The van der Waals surface area contributed by atoms with E-state index in [1.54, 1.807) is 31.2 Å². The third kappa shape index (κ3) is 3.44. The summed E-state index contributed by atoms with van der Waals surface area (Å²) in [4.78, 5) is 16.8. The minimum Gasteiger partial charge on any atom is -0.448 e. The van der Waals surface area contributed by atoms with E-state index in [0.717, 1.165) is 37.0 Å². The zero-order chi connectivity index (χ0) is 19.8. The van der Waals surface area contributed by atoms with Gasteiger partial charge in [-0.25, -0.2) is 0 Å². The van der Waals surface area contributed by atoms with Crippen LogP contribution in [0.1, 0.15) is 48.3 Å². The van der Waals surface area contributed by atoms with Crippen LogP contribution in [0.4, 0.5) is 5.69 Å². The lowest BCUT2D eigenvalue weighted by Crippen LogP contribution is -2.40. The van der Waals surface area contributed by atoms with Gasteiger partial charge in [0.05, 0.1) is 0 Å². The van der Waals surface area contributed by atoms with Gasteiger partial charge in [-0.3, -0.25) is 4.79 Å². The average molecular weight is 391 g/mol. The zero-order valence-electron chi connectivity index (χ0n) is 16.1. The fourth-order valence-electron chi connectivity index (χ4n) is 3.85. The summed E-state index contributed by atoms with van der Waals surface area (Å²) in [6.45, 7) is 1.76. The lowest BCUT2D eigenvalue weighted by atomic mass is 9.94. The maximum Gasteiger partial charge on any atom is 0.257 e. The number of hydrogen-bond acceptors (Lipinski definition) is 6. The summed E-state index contributed by atoms with van der Waals surface area (Å²) in [5.74, 6) is 1.70. The molecule has 1 saturated carbocycles. The molecule has 2 heterocycles. The summed E-state index contributed by atoms with van der Waals surface area (Å²) in [6.07, 6.45) is 5.23. The molecule has 1 aromatic heterocycles. The number of aryl methyl sites for hydroxylation is 1. The monoisotopic (exact) mass is 391 g/mol. The van der Waals surface area contributed by atoms with Crippen molar-refractivity contribution in [1.82, 2.24) is 10.1 Å². The molecule has 29 heavy (non-hydrogen) atoms. The summed E-state index contributed by atoms with van der Waals surface area (Å²) in [5, 5.41) is 6.70. The molecule has 7 heteroatoms. The maximum absolute atomic E-state index is 12.6. The van der Waals surface area contributed by atoms with Crippen molar-refractivity contribution in [2.24, 2.45) is 0 Å². The predicted octanol–water partition coefficient (Wildman–Crippen LogP) is 4.73. The molecular weight excluding hydrogens is 370 g/mol. The van der Waals surface area contributed by atoms with Gasteiger partial charge in [0, 0.05) is 35.7 Å². The standard InChI is InChI=1S/C22H21N3O4/c1-14-23-21(29-25-14)16-7-5-15(6-8-16)20(26)24-17-9-10-18-19(13-17)28-22(27-18)11-3-2-4-12-22/h5-10,13H,2-4,11-12H2,1H3,(H,24,26). The van der Waals surface area contributed by atoms with Crippen LogP contribution < -0.4 is 14.8 Å². The Hall–Kier alpha value is -3.35. The normalized spacial score (nSPS) is 16.7. The largest absolute Gasteiger partial charge is 0.448 e. The number of carbonyl (C=O) groups excluding carboxylic acids is 1. The van der Waals surface area contributed by atoms with Gasteiger partial charge in [-0.05, 0) is 56.2 Å². The van der Waals surface area contributed by atoms with Crippen molar-refractivity contribution in [3.05, 3.63) is 53.9 Å². The number of carbonyl (C=O) groups is 1. The van der Waals surface area contributed by atoms with Gasteiger partial charge in [0.2, 0.25) is 0 Å². The van der Waals surface area contributed by atoms with Gasteiger partial charge in [0.1, 0.15) is 0 Å². The molecule has 7 nitrogen and oxygen atoms in total. The van der Waals surface area contributed by atoms with Crippen molar-refractivity contribution in [2.45, 2.75) is 44.8 Å². The average Bonchev–Trinajstić information content (AvgIpc) is 3.31. The van der Waals surface area contributed by atoms with Crippen LogP contribution in [0.3, 0.4) is 0 Å². The minimum atomic E-state index is -0.522. The highest BCUT2D eigenvalue weighted by molar-refractivity contribution is 6.04. The molecule has 2 aromatic carbocycles. The van der Waals surface area contributed by atoms with Crippen LogP contribution in [-0.4, -0.2) is 21.8 Å². The molecule has 0 radical (unpaired) electrons. The van der Waals surface area contributed by atoms with Gasteiger partial charge in [-0.15, -0.1) is 0 Å². The molecule has 1 spiro atoms. The SMILES string of the molecule is Cc1noc(-c2ccc(C(=O)Nc3ccc4c(c3)OC3(CCCCC3)O4)cc2)n1. The highest BCUT2D eigenvalue weighted by Crippen LogP contribution is 2.46. The van der Waals surface area contributed by atoms with E-state index in [1.165, 1.54) is 6.42 Å². The number of nitrogens with one attached hydrogen (secondary N) is 1. The first-order valence-electron chi connectivity index (χ1n) is 9.84. The van der Waals surface area contributed by atoms with E-state index in [2.05, 4.69) is 15.5 Å². The molecule has 3 aromatic rings. The van der Waals surface area contributed by atoms with Gasteiger partial charge in [0.25, 0.3) is 17.6 Å². The van der Waals surface area contributed by atoms with Crippen LogP contribution in [-0.2, 0) is 0 Å². The number of hydrogen-bond donors (Lipinski definition) is 1. The van der Waals surface area contributed by atoms with E-state index in [1.807, 2.05) is 18.2 Å². The Labute approximate surface area is 168 Å². The number of ether oxygens (including phenoxy) is 2. The van der Waals surface area contributed by atoms with Crippen molar-refractivity contribution in [1.29, 1.82) is 0 Å². The molecule has 1 N–H and O–H groups in total. The first-order chi connectivity index (χ1) is 14.1. The van der Waals surface area contributed by atoms with Crippen molar-refractivity contribution < 1.29 is 18.8 Å². The van der Waals surface area contributed by atoms with Crippen LogP contribution >= 0.6 is 0 Å². The third-order valence-electron chi connectivity index (χ3n) is 5.33. The Bertz CT molecular complexity index is 1050. The van der Waals surface area contributed by atoms with Crippen molar-refractivity contribution in [2.75, 3.05) is 5.32 Å². The lowest BCUT2D eigenvalue weighted by Gasteiger charge is -2.31. The summed E-state index contributed by atoms with van der Waals surface area (Å²) < 4.78 is 17.4. The Morgan fingerprint density at radius 2 is 1.76 bits per heavy atom. The van der Waals surface area contributed by atoms with Gasteiger partial charge in [-0.1, -0.05) is 11.6 Å². The Morgan fingerprint density at radius 3 is 2.48 bits per heavy atom.